The van der Waals surface area contributed by atoms with Crippen LogP contribution in [0.5, 0.6) is 0 Å². The van der Waals surface area contributed by atoms with E-state index in [2.05, 4.69) is 9.63 Å². The van der Waals surface area contributed by atoms with Crippen molar-refractivity contribution in [2.75, 3.05) is 0 Å². The van der Waals surface area contributed by atoms with Gasteiger partial charge in [0.05, 0.1) is 10.9 Å². The van der Waals surface area contributed by atoms with Gasteiger partial charge in [-0.3, -0.25) is 0 Å². The average molecular weight is 231 g/mol. The summed E-state index contributed by atoms with van der Waals surface area (Å²) in [5.41, 5.74) is 0.643. The second-order valence-corrected chi connectivity index (χ2v) is 5.02. The number of nitrogens with zero attached hydrogens (tertiary/aromatic N) is 2. The molecule has 6 heteroatoms. The first-order chi connectivity index (χ1) is 6.50. The largest absolute Gasteiger partial charge is 0.299 e. The van der Waals surface area contributed by atoms with Gasteiger partial charge in [-0.2, -0.15) is 13.5 Å². The van der Waals surface area contributed by atoms with Crippen LogP contribution in [0.4, 0.5) is 0 Å². The maximum atomic E-state index is 11.5. The number of rotatable bonds is 0. The van der Waals surface area contributed by atoms with Gasteiger partial charge in [-0.05, 0) is 24.6 Å². The van der Waals surface area contributed by atoms with Crippen LogP contribution in [0.3, 0.4) is 0 Å². The molecule has 0 fully saturated rings. The summed E-state index contributed by atoms with van der Waals surface area (Å²) in [6.45, 7) is 1.78. The smallest absolute Gasteiger partial charge is 0.198 e. The Kier molecular flexibility index (Phi) is 2.08. The molecule has 0 amide bonds. The summed E-state index contributed by atoms with van der Waals surface area (Å²) in [6.07, 6.45) is 0. The fraction of sp³-hybridized carbons (Fsp3) is 0.250. The molecular weight excluding hydrogens is 224 g/mol. The molecule has 0 N–H and O–H groups in total. The van der Waals surface area contributed by atoms with Crippen LogP contribution in [0.2, 0.25) is 5.02 Å². The van der Waals surface area contributed by atoms with Crippen molar-refractivity contribution in [1.29, 1.82) is 0 Å². The minimum Gasteiger partial charge on any atom is -0.198 e. The Balaban J connectivity index is 2.76. The third-order valence-corrected chi connectivity index (χ3v) is 3.49. The van der Waals surface area contributed by atoms with E-state index in [9.17, 15) is 8.42 Å². The van der Waals surface area contributed by atoms with Gasteiger partial charge in [0.2, 0.25) is 0 Å². The van der Waals surface area contributed by atoms with Crippen molar-refractivity contribution >= 4 is 21.6 Å². The maximum Gasteiger partial charge on any atom is 0.299 e. The molecule has 1 aliphatic heterocycles. The van der Waals surface area contributed by atoms with E-state index in [0.29, 0.717) is 10.6 Å². The number of benzene rings is 1. The lowest BCUT2D eigenvalue weighted by molar-refractivity contribution is 0.581. The lowest BCUT2D eigenvalue weighted by Gasteiger charge is -2.14. The number of hydrogen-bond donors (Lipinski definition) is 0. The highest BCUT2D eigenvalue weighted by atomic mass is 35.5. The molecule has 1 heterocycles. The molecule has 1 atom stereocenters. The zero-order chi connectivity index (χ0) is 10.3. The van der Waals surface area contributed by atoms with E-state index in [1.165, 1.54) is 6.07 Å². The Morgan fingerprint density at radius 3 is 2.86 bits per heavy atom. The van der Waals surface area contributed by atoms with E-state index in [0.717, 1.165) is 0 Å². The molecule has 0 saturated heterocycles. The van der Waals surface area contributed by atoms with Gasteiger partial charge in [0.25, 0.3) is 10.0 Å². The predicted octanol–water partition coefficient (Wildman–Crippen LogP) is 2.56. The first-order valence-electron chi connectivity index (χ1n) is 3.97. The van der Waals surface area contributed by atoms with E-state index in [1.807, 2.05) is 0 Å². The molecule has 0 bridgehead atoms. The van der Waals surface area contributed by atoms with Crippen LogP contribution in [0.1, 0.15) is 18.5 Å². The standard InChI is InChI=1S/C8H7ClN2O2S/c1-5-7-3-2-6(9)4-8(7)14(12,13)11-10-5/h2-5H,1H3. The van der Waals surface area contributed by atoms with Crippen molar-refractivity contribution in [3.63, 3.8) is 0 Å². The molecule has 1 aromatic carbocycles. The van der Waals surface area contributed by atoms with Crippen molar-refractivity contribution in [1.82, 2.24) is 0 Å². The van der Waals surface area contributed by atoms with E-state index < -0.39 is 10.0 Å². The van der Waals surface area contributed by atoms with Crippen LogP contribution in [-0.2, 0) is 10.0 Å². The van der Waals surface area contributed by atoms with Crippen LogP contribution in [0.15, 0.2) is 32.7 Å². The Bertz CT molecular complexity index is 510. The lowest BCUT2D eigenvalue weighted by Crippen LogP contribution is -2.08. The fourth-order valence-corrected chi connectivity index (χ4v) is 2.72. The quantitative estimate of drug-likeness (QED) is 0.688. The summed E-state index contributed by atoms with van der Waals surface area (Å²) < 4.78 is 26.2. The minimum atomic E-state index is -3.62. The highest BCUT2D eigenvalue weighted by Gasteiger charge is 2.25. The van der Waals surface area contributed by atoms with E-state index in [1.54, 1.807) is 19.1 Å². The SMILES string of the molecule is CC1N=NS(=O)(=O)c2cc(Cl)ccc21. The van der Waals surface area contributed by atoms with Crippen LogP contribution in [0, 0.1) is 0 Å². The fourth-order valence-electron chi connectivity index (χ4n) is 1.32. The van der Waals surface area contributed by atoms with E-state index in [-0.39, 0.29) is 10.9 Å². The third kappa shape index (κ3) is 1.42. The van der Waals surface area contributed by atoms with Crippen LogP contribution >= 0.6 is 11.6 Å². The average Bonchev–Trinajstić information content (AvgIpc) is 2.12. The van der Waals surface area contributed by atoms with Crippen molar-refractivity contribution in [3.8, 4) is 0 Å². The summed E-state index contributed by atoms with van der Waals surface area (Å²) in [6, 6.07) is 4.48. The molecule has 0 aromatic heterocycles. The van der Waals surface area contributed by atoms with Crippen molar-refractivity contribution in [2.24, 2.45) is 9.63 Å². The first-order valence-corrected chi connectivity index (χ1v) is 5.79. The van der Waals surface area contributed by atoms with Crippen molar-refractivity contribution < 1.29 is 8.42 Å². The summed E-state index contributed by atoms with van der Waals surface area (Å²) in [5, 5.41) is 4.03. The van der Waals surface area contributed by atoms with Gasteiger partial charge in [-0.25, -0.2) is 0 Å². The second-order valence-electron chi connectivity index (χ2n) is 3.03. The molecule has 0 spiro atoms. The molecular formula is C8H7ClN2O2S. The molecule has 0 aliphatic carbocycles. The van der Waals surface area contributed by atoms with Gasteiger partial charge >= 0.3 is 0 Å². The van der Waals surface area contributed by atoms with Crippen LogP contribution < -0.4 is 0 Å². The van der Waals surface area contributed by atoms with Gasteiger partial charge in [0.15, 0.2) is 0 Å². The van der Waals surface area contributed by atoms with Crippen LogP contribution in [0.25, 0.3) is 0 Å². The highest BCUT2D eigenvalue weighted by Crippen LogP contribution is 2.33. The number of hydrogen-bond acceptors (Lipinski definition) is 3. The predicted molar refractivity (Wildman–Crippen MR) is 51.9 cm³/mol. The molecule has 2 rings (SSSR count). The Morgan fingerprint density at radius 1 is 1.43 bits per heavy atom. The second kappa shape index (κ2) is 3.03. The molecule has 1 aliphatic rings. The summed E-state index contributed by atoms with van der Waals surface area (Å²) in [7, 11) is -3.62. The number of halogens is 1. The molecule has 4 nitrogen and oxygen atoms in total. The van der Waals surface area contributed by atoms with E-state index in [4.69, 9.17) is 11.6 Å². The zero-order valence-electron chi connectivity index (χ0n) is 7.31. The normalized spacial score (nSPS) is 23.1. The molecule has 14 heavy (non-hydrogen) atoms. The topological polar surface area (TPSA) is 58.9 Å². The van der Waals surface area contributed by atoms with Crippen LogP contribution in [-0.4, -0.2) is 8.42 Å². The van der Waals surface area contributed by atoms with Gasteiger partial charge in [0.1, 0.15) is 0 Å². The highest BCUT2D eigenvalue weighted by molar-refractivity contribution is 7.90. The summed E-state index contributed by atoms with van der Waals surface area (Å²) in [5.74, 6) is 0. The zero-order valence-corrected chi connectivity index (χ0v) is 8.88. The molecule has 1 unspecified atom stereocenters. The Labute approximate surface area is 86.7 Å². The Hall–Kier alpha value is -0.940. The molecule has 0 radical (unpaired) electrons. The summed E-state index contributed by atoms with van der Waals surface area (Å²) in [4.78, 5) is 0.160. The van der Waals surface area contributed by atoms with Gasteiger partial charge in [-0.1, -0.05) is 22.2 Å². The van der Waals surface area contributed by atoms with Gasteiger partial charge in [0, 0.05) is 5.02 Å². The minimum absolute atomic E-state index is 0.160. The number of sulfonamides is 1. The molecule has 74 valence electrons. The molecule has 1 aromatic rings. The summed E-state index contributed by atoms with van der Waals surface area (Å²) >= 11 is 5.71. The van der Waals surface area contributed by atoms with Crippen molar-refractivity contribution in [2.45, 2.75) is 17.9 Å². The van der Waals surface area contributed by atoms with E-state index >= 15 is 0 Å². The lowest BCUT2D eigenvalue weighted by atomic mass is 10.1. The van der Waals surface area contributed by atoms with Gasteiger partial charge < -0.3 is 0 Å². The Morgan fingerprint density at radius 2 is 2.14 bits per heavy atom. The first kappa shape index (κ1) is 9.61. The monoisotopic (exact) mass is 230 g/mol. The van der Waals surface area contributed by atoms with Crippen molar-refractivity contribution in [3.05, 3.63) is 28.8 Å². The molecule has 0 saturated carbocycles. The third-order valence-electron chi connectivity index (χ3n) is 2.03. The van der Waals surface area contributed by atoms with Gasteiger partial charge in [-0.15, -0.1) is 0 Å². The maximum absolute atomic E-state index is 11.5. The number of fused-ring (bicyclic) bond motifs is 1.